The van der Waals surface area contributed by atoms with Crippen molar-refractivity contribution >= 4 is 32.6 Å². The van der Waals surface area contributed by atoms with Gasteiger partial charge in [-0.2, -0.15) is 0 Å². The van der Waals surface area contributed by atoms with E-state index < -0.39 is 0 Å². The number of aromatic nitrogens is 1. The number of para-hydroxylation sites is 1. The van der Waals surface area contributed by atoms with Crippen molar-refractivity contribution in [2.75, 3.05) is 32.1 Å². The van der Waals surface area contributed by atoms with Crippen molar-refractivity contribution < 1.29 is 9.53 Å². The maximum atomic E-state index is 13.6. The first-order valence-corrected chi connectivity index (χ1v) is 11.4. The number of nitrogens with zero attached hydrogens (tertiary/aromatic N) is 3. The van der Waals surface area contributed by atoms with Crippen LogP contribution in [0, 0.1) is 13.8 Å². The Hall–Kier alpha value is -3.22. The largest absolute Gasteiger partial charge is 0.457 e. The number of rotatable bonds is 7. The van der Waals surface area contributed by atoms with Gasteiger partial charge in [0.25, 0.3) is 5.91 Å². The zero-order valence-corrected chi connectivity index (χ0v) is 19.6. The number of likely N-dealkylation sites (N-methyl/N-ethyl adjacent to an activating group) is 1. The van der Waals surface area contributed by atoms with Gasteiger partial charge < -0.3 is 9.64 Å². The Labute approximate surface area is 192 Å². The molecule has 6 heteroatoms. The third-order valence-corrected chi connectivity index (χ3v) is 6.42. The van der Waals surface area contributed by atoms with E-state index in [0.29, 0.717) is 17.9 Å². The molecule has 1 heterocycles. The summed E-state index contributed by atoms with van der Waals surface area (Å²) in [6.45, 7) is 5.45. The lowest BCUT2D eigenvalue weighted by Gasteiger charge is -2.22. The van der Waals surface area contributed by atoms with Gasteiger partial charge in [-0.1, -0.05) is 41.7 Å². The van der Waals surface area contributed by atoms with Crippen molar-refractivity contribution in [2.24, 2.45) is 0 Å². The van der Waals surface area contributed by atoms with Crippen LogP contribution in [-0.4, -0.2) is 43.0 Å². The highest BCUT2D eigenvalue weighted by Gasteiger charge is 2.22. The molecular formula is C26H27N3O2S. The van der Waals surface area contributed by atoms with Crippen LogP contribution in [0.15, 0.2) is 66.7 Å². The number of carbonyl (C=O) groups is 1. The number of fused-ring (bicyclic) bond motifs is 1. The van der Waals surface area contributed by atoms with Crippen LogP contribution in [0.3, 0.4) is 0 Å². The van der Waals surface area contributed by atoms with Crippen LogP contribution >= 0.6 is 11.3 Å². The lowest BCUT2D eigenvalue weighted by atomic mass is 10.1. The van der Waals surface area contributed by atoms with E-state index in [4.69, 9.17) is 9.72 Å². The molecule has 0 fully saturated rings. The van der Waals surface area contributed by atoms with E-state index in [-0.39, 0.29) is 5.91 Å². The summed E-state index contributed by atoms with van der Waals surface area (Å²) in [7, 11) is 4.01. The van der Waals surface area contributed by atoms with Gasteiger partial charge in [-0.3, -0.25) is 9.69 Å². The fourth-order valence-corrected chi connectivity index (χ4v) is 4.44. The van der Waals surface area contributed by atoms with E-state index in [9.17, 15) is 4.79 Å². The minimum absolute atomic E-state index is 0.0845. The minimum Gasteiger partial charge on any atom is -0.457 e. The van der Waals surface area contributed by atoms with Crippen LogP contribution in [0.1, 0.15) is 21.5 Å². The second kappa shape index (κ2) is 9.51. The van der Waals surface area contributed by atoms with Gasteiger partial charge >= 0.3 is 0 Å². The number of aryl methyl sites for hydroxylation is 2. The van der Waals surface area contributed by atoms with Crippen LogP contribution in [-0.2, 0) is 0 Å². The summed E-state index contributed by atoms with van der Waals surface area (Å²) in [6, 6.07) is 21.1. The molecule has 0 unspecified atom stereocenters. The molecule has 0 bridgehead atoms. The van der Waals surface area contributed by atoms with Gasteiger partial charge in [0.2, 0.25) is 0 Å². The molecule has 0 saturated carbocycles. The highest BCUT2D eigenvalue weighted by molar-refractivity contribution is 7.22. The molecule has 164 valence electrons. The first kappa shape index (κ1) is 22.0. The number of hydrogen-bond acceptors (Lipinski definition) is 5. The van der Waals surface area contributed by atoms with E-state index in [1.165, 1.54) is 5.56 Å². The Morgan fingerprint density at radius 3 is 2.44 bits per heavy atom. The molecule has 5 nitrogen and oxygen atoms in total. The van der Waals surface area contributed by atoms with Crippen molar-refractivity contribution in [1.82, 2.24) is 9.88 Å². The predicted octanol–water partition coefficient (Wildman–Crippen LogP) is 5.91. The maximum Gasteiger partial charge on any atom is 0.260 e. The van der Waals surface area contributed by atoms with Gasteiger partial charge in [0.1, 0.15) is 11.5 Å². The third kappa shape index (κ3) is 4.82. The van der Waals surface area contributed by atoms with Crippen molar-refractivity contribution in [3.8, 4) is 11.5 Å². The zero-order valence-electron chi connectivity index (χ0n) is 18.8. The van der Waals surface area contributed by atoms with Crippen molar-refractivity contribution in [1.29, 1.82) is 0 Å². The number of thiazole rings is 1. The summed E-state index contributed by atoms with van der Waals surface area (Å²) in [4.78, 5) is 22.3. The summed E-state index contributed by atoms with van der Waals surface area (Å²) < 4.78 is 7.03. The molecule has 3 aromatic carbocycles. The summed E-state index contributed by atoms with van der Waals surface area (Å²) in [5.41, 5.74) is 3.90. The van der Waals surface area contributed by atoms with Crippen LogP contribution in [0.5, 0.6) is 11.5 Å². The number of anilines is 1. The second-order valence-corrected chi connectivity index (χ2v) is 9.06. The fourth-order valence-electron chi connectivity index (χ4n) is 3.39. The van der Waals surface area contributed by atoms with Crippen LogP contribution < -0.4 is 9.64 Å². The normalized spacial score (nSPS) is 11.2. The summed E-state index contributed by atoms with van der Waals surface area (Å²) in [5, 5.41) is 0.718. The summed E-state index contributed by atoms with van der Waals surface area (Å²) >= 11 is 1.55. The Morgan fingerprint density at radius 1 is 0.938 bits per heavy atom. The molecule has 1 aromatic heterocycles. The number of benzene rings is 3. The van der Waals surface area contributed by atoms with Crippen LogP contribution in [0.25, 0.3) is 10.2 Å². The van der Waals surface area contributed by atoms with E-state index in [1.807, 2.05) is 62.6 Å². The van der Waals surface area contributed by atoms with Crippen LogP contribution in [0.2, 0.25) is 0 Å². The van der Waals surface area contributed by atoms with Gasteiger partial charge in [0.05, 0.1) is 10.2 Å². The fraction of sp³-hybridized carbons (Fsp3) is 0.231. The molecule has 0 aliphatic heterocycles. The number of hydrogen-bond donors (Lipinski definition) is 0. The molecule has 4 rings (SSSR count). The average Bonchev–Trinajstić information content (AvgIpc) is 3.22. The van der Waals surface area contributed by atoms with E-state index in [0.717, 1.165) is 33.2 Å². The predicted molar refractivity (Wildman–Crippen MR) is 132 cm³/mol. The zero-order chi connectivity index (χ0) is 22.7. The molecule has 0 radical (unpaired) electrons. The van der Waals surface area contributed by atoms with E-state index in [2.05, 4.69) is 30.9 Å². The molecule has 0 aliphatic rings. The Morgan fingerprint density at radius 2 is 1.69 bits per heavy atom. The highest BCUT2D eigenvalue weighted by atomic mass is 32.1. The third-order valence-electron chi connectivity index (χ3n) is 5.38. The van der Waals surface area contributed by atoms with Crippen LogP contribution in [0.4, 0.5) is 5.13 Å². The van der Waals surface area contributed by atoms with Crippen molar-refractivity contribution in [2.45, 2.75) is 13.8 Å². The molecule has 4 aromatic rings. The SMILES string of the molecule is Cc1ccc2sc(N(CCN(C)C)C(=O)c3cccc(Oc4ccccc4)c3)nc2c1C. The molecular weight excluding hydrogens is 418 g/mol. The number of amides is 1. The lowest BCUT2D eigenvalue weighted by molar-refractivity contribution is 0.0985. The number of carbonyl (C=O) groups excluding carboxylic acids is 1. The second-order valence-electron chi connectivity index (χ2n) is 8.05. The van der Waals surface area contributed by atoms with Gasteiger partial charge in [0, 0.05) is 18.7 Å². The molecule has 32 heavy (non-hydrogen) atoms. The van der Waals surface area contributed by atoms with E-state index >= 15 is 0 Å². The molecule has 0 atom stereocenters. The molecule has 0 spiro atoms. The summed E-state index contributed by atoms with van der Waals surface area (Å²) in [6.07, 6.45) is 0. The molecule has 0 N–H and O–H groups in total. The van der Waals surface area contributed by atoms with Gasteiger partial charge in [-0.25, -0.2) is 4.98 Å². The van der Waals surface area contributed by atoms with Crippen molar-refractivity contribution in [3.05, 3.63) is 83.4 Å². The highest BCUT2D eigenvalue weighted by Crippen LogP contribution is 2.33. The quantitative estimate of drug-likeness (QED) is 0.355. The average molecular weight is 446 g/mol. The minimum atomic E-state index is -0.0845. The Bertz CT molecular complexity index is 1230. The van der Waals surface area contributed by atoms with Gasteiger partial charge in [0.15, 0.2) is 5.13 Å². The monoisotopic (exact) mass is 445 g/mol. The Balaban J connectivity index is 1.67. The van der Waals surface area contributed by atoms with E-state index in [1.54, 1.807) is 22.3 Å². The topological polar surface area (TPSA) is 45.7 Å². The molecule has 0 saturated heterocycles. The van der Waals surface area contributed by atoms with Crippen molar-refractivity contribution in [3.63, 3.8) is 0 Å². The first-order chi connectivity index (χ1) is 15.4. The smallest absolute Gasteiger partial charge is 0.260 e. The summed E-state index contributed by atoms with van der Waals surface area (Å²) in [5.74, 6) is 1.28. The Kier molecular flexibility index (Phi) is 6.53. The van der Waals surface area contributed by atoms with Gasteiger partial charge in [-0.15, -0.1) is 0 Å². The first-order valence-electron chi connectivity index (χ1n) is 10.6. The maximum absolute atomic E-state index is 13.6. The number of ether oxygens (including phenoxy) is 1. The lowest BCUT2D eigenvalue weighted by Crippen LogP contribution is -2.36. The molecule has 1 amide bonds. The molecule has 0 aliphatic carbocycles. The standard InChI is InChI=1S/C26H27N3O2S/c1-18-13-14-23-24(19(18)2)27-26(32-23)29(16-15-28(3)4)25(30)20-9-8-12-22(17-20)31-21-10-6-5-7-11-21/h5-14,17H,15-16H2,1-4H3. The van der Waals surface area contributed by atoms with Gasteiger partial charge in [-0.05, 0) is 75.5 Å².